The van der Waals surface area contributed by atoms with Crippen molar-refractivity contribution in [3.63, 3.8) is 0 Å². The van der Waals surface area contributed by atoms with Crippen molar-refractivity contribution in [3.8, 4) is 0 Å². The van der Waals surface area contributed by atoms with E-state index in [1.54, 1.807) is 0 Å². The summed E-state index contributed by atoms with van der Waals surface area (Å²) in [5.74, 6) is -1.02. The molecular weight excluding hydrogens is 254 g/mol. The molecule has 0 atom stereocenters. The highest BCUT2D eigenvalue weighted by molar-refractivity contribution is 7.91. The van der Waals surface area contributed by atoms with Gasteiger partial charge in [0.1, 0.15) is 0 Å². The first-order chi connectivity index (χ1) is 8.21. The van der Waals surface area contributed by atoms with Gasteiger partial charge in [0.2, 0.25) is 0 Å². The predicted molar refractivity (Wildman–Crippen MR) is 67.7 cm³/mol. The molecular formula is C12H15NO4S. The largest absolute Gasteiger partial charge is 0.478 e. The average molecular weight is 269 g/mol. The lowest BCUT2D eigenvalue weighted by atomic mass is 9.96. The number of carboxylic acid groups (broad SMARTS) is 1. The molecule has 6 heteroatoms. The Bertz CT molecular complexity index is 605. The lowest BCUT2D eigenvalue weighted by molar-refractivity contribution is 0.0697. The Morgan fingerprint density at radius 2 is 2.06 bits per heavy atom. The van der Waals surface area contributed by atoms with Crippen LogP contribution in [0.25, 0.3) is 0 Å². The normalized spacial score (nSPS) is 20.3. The van der Waals surface area contributed by atoms with Gasteiger partial charge in [-0.1, -0.05) is 13.8 Å². The van der Waals surface area contributed by atoms with Crippen LogP contribution in [0.3, 0.4) is 0 Å². The number of benzene rings is 1. The number of carbonyl (C=O) groups is 1. The van der Waals surface area contributed by atoms with Crippen molar-refractivity contribution in [2.24, 2.45) is 5.41 Å². The maximum Gasteiger partial charge on any atom is 0.335 e. The molecule has 18 heavy (non-hydrogen) atoms. The first-order valence-electron chi connectivity index (χ1n) is 5.55. The Hall–Kier alpha value is -1.56. The topological polar surface area (TPSA) is 83.5 Å². The second-order valence-electron chi connectivity index (χ2n) is 5.29. The van der Waals surface area contributed by atoms with E-state index in [-0.39, 0.29) is 21.6 Å². The standard InChI is InChI=1S/C12H15NO4S/c1-12(2)6-13-9-5-8(11(14)15)3-4-10(9)18(16,17)7-12/h3-5,13H,6-7H2,1-2H3,(H,14,15). The Labute approximate surface area is 106 Å². The first kappa shape index (κ1) is 12.9. The second kappa shape index (κ2) is 3.98. The molecule has 0 saturated heterocycles. The molecule has 0 spiro atoms. The molecule has 98 valence electrons. The second-order valence-corrected chi connectivity index (χ2v) is 7.25. The van der Waals surface area contributed by atoms with Crippen molar-refractivity contribution < 1.29 is 18.3 Å². The van der Waals surface area contributed by atoms with Crippen LogP contribution in [-0.2, 0) is 9.84 Å². The van der Waals surface area contributed by atoms with E-state index >= 15 is 0 Å². The summed E-state index contributed by atoms with van der Waals surface area (Å²) in [7, 11) is -3.38. The number of fused-ring (bicyclic) bond motifs is 1. The first-order valence-corrected chi connectivity index (χ1v) is 7.20. The molecule has 0 radical (unpaired) electrons. The number of carboxylic acids is 1. The third-order valence-electron chi connectivity index (χ3n) is 2.90. The maximum absolute atomic E-state index is 12.2. The molecule has 1 aliphatic heterocycles. The van der Waals surface area contributed by atoms with Crippen LogP contribution in [0.4, 0.5) is 5.69 Å². The number of aromatic carboxylic acids is 1. The van der Waals surface area contributed by atoms with Gasteiger partial charge in [-0.3, -0.25) is 0 Å². The van der Waals surface area contributed by atoms with Crippen LogP contribution in [0.5, 0.6) is 0 Å². The van der Waals surface area contributed by atoms with Crippen molar-refractivity contribution in [2.45, 2.75) is 18.7 Å². The SMILES string of the molecule is CC1(C)CNc2cc(C(=O)O)ccc2S(=O)(=O)C1. The molecule has 0 aromatic heterocycles. The number of sulfone groups is 1. The van der Waals surface area contributed by atoms with Gasteiger partial charge < -0.3 is 10.4 Å². The average Bonchev–Trinajstić information content (AvgIpc) is 2.32. The minimum atomic E-state index is -3.38. The van der Waals surface area contributed by atoms with Gasteiger partial charge in [0.25, 0.3) is 0 Å². The fraction of sp³-hybridized carbons (Fsp3) is 0.417. The summed E-state index contributed by atoms with van der Waals surface area (Å²) in [6.07, 6.45) is 0. The van der Waals surface area contributed by atoms with Crippen molar-refractivity contribution in [1.82, 2.24) is 0 Å². The van der Waals surface area contributed by atoms with Crippen LogP contribution in [0.15, 0.2) is 23.1 Å². The van der Waals surface area contributed by atoms with Crippen molar-refractivity contribution in [1.29, 1.82) is 0 Å². The molecule has 2 rings (SSSR count). The van der Waals surface area contributed by atoms with Crippen LogP contribution < -0.4 is 5.32 Å². The highest BCUT2D eigenvalue weighted by Crippen LogP contribution is 2.32. The molecule has 1 aliphatic rings. The smallest absolute Gasteiger partial charge is 0.335 e. The monoisotopic (exact) mass is 269 g/mol. The van der Waals surface area contributed by atoms with E-state index < -0.39 is 15.8 Å². The third-order valence-corrected chi connectivity index (χ3v) is 5.09. The molecule has 0 amide bonds. The fourth-order valence-electron chi connectivity index (χ4n) is 2.05. The molecule has 1 aromatic carbocycles. The molecule has 2 N–H and O–H groups in total. The summed E-state index contributed by atoms with van der Waals surface area (Å²) < 4.78 is 24.4. The summed E-state index contributed by atoms with van der Waals surface area (Å²) >= 11 is 0. The summed E-state index contributed by atoms with van der Waals surface area (Å²) in [6.45, 7) is 4.21. The van der Waals surface area contributed by atoms with Gasteiger partial charge >= 0.3 is 5.97 Å². The number of nitrogens with one attached hydrogen (secondary N) is 1. The maximum atomic E-state index is 12.2. The molecule has 0 unspecified atom stereocenters. The summed E-state index contributed by atoms with van der Waals surface area (Å²) in [4.78, 5) is 11.1. The summed E-state index contributed by atoms with van der Waals surface area (Å²) in [6, 6.07) is 4.05. The van der Waals surface area contributed by atoms with Crippen molar-refractivity contribution in [2.75, 3.05) is 17.6 Å². The minimum Gasteiger partial charge on any atom is -0.478 e. The van der Waals surface area contributed by atoms with E-state index in [0.29, 0.717) is 12.2 Å². The van der Waals surface area contributed by atoms with E-state index in [1.807, 2.05) is 13.8 Å². The van der Waals surface area contributed by atoms with Gasteiger partial charge in [-0.25, -0.2) is 13.2 Å². The Morgan fingerprint density at radius 3 is 2.67 bits per heavy atom. The Balaban J connectivity index is 2.58. The van der Waals surface area contributed by atoms with Crippen molar-refractivity contribution in [3.05, 3.63) is 23.8 Å². The number of anilines is 1. The predicted octanol–water partition coefficient (Wildman–Crippen LogP) is 1.61. The van der Waals surface area contributed by atoms with Crippen LogP contribution in [0.2, 0.25) is 0 Å². The van der Waals surface area contributed by atoms with Gasteiger partial charge in [-0.2, -0.15) is 0 Å². The number of rotatable bonds is 1. The zero-order valence-corrected chi connectivity index (χ0v) is 11.0. The highest BCUT2D eigenvalue weighted by atomic mass is 32.2. The van der Waals surface area contributed by atoms with Gasteiger partial charge in [-0.15, -0.1) is 0 Å². The molecule has 0 saturated carbocycles. The fourth-order valence-corrected chi connectivity index (χ4v) is 4.08. The van der Waals surface area contributed by atoms with E-state index in [1.165, 1.54) is 18.2 Å². The minimum absolute atomic E-state index is 0.0480. The van der Waals surface area contributed by atoms with E-state index in [9.17, 15) is 13.2 Å². The number of hydrogen-bond acceptors (Lipinski definition) is 4. The number of hydrogen-bond donors (Lipinski definition) is 2. The van der Waals surface area contributed by atoms with E-state index in [2.05, 4.69) is 5.32 Å². The van der Waals surface area contributed by atoms with Crippen LogP contribution in [-0.4, -0.2) is 31.8 Å². The summed E-state index contributed by atoms with van der Waals surface area (Å²) in [5.41, 5.74) is 0.0676. The van der Waals surface area contributed by atoms with E-state index in [4.69, 9.17) is 5.11 Å². The zero-order valence-electron chi connectivity index (χ0n) is 10.2. The van der Waals surface area contributed by atoms with Crippen LogP contribution in [0.1, 0.15) is 24.2 Å². The quantitative estimate of drug-likeness (QED) is 0.809. The third kappa shape index (κ3) is 2.33. The molecule has 1 heterocycles. The van der Waals surface area contributed by atoms with Crippen molar-refractivity contribution >= 4 is 21.5 Å². The molecule has 0 aliphatic carbocycles. The summed E-state index contributed by atoms with van der Waals surface area (Å²) in [5, 5.41) is 11.9. The van der Waals surface area contributed by atoms with E-state index in [0.717, 1.165) is 0 Å². The lowest BCUT2D eigenvalue weighted by Crippen LogP contribution is -2.28. The van der Waals surface area contributed by atoms with Gasteiger partial charge in [0.15, 0.2) is 9.84 Å². The Morgan fingerprint density at radius 1 is 1.39 bits per heavy atom. The van der Waals surface area contributed by atoms with Crippen LogP contribution in [0, 0.1) is 5.41 Å². The molecule has 1 aromatic rings. The molecule has 0 bridgehead atoms. The lowest BCUT2D eigenvalue weighted by Gasteiger charge is -2.20. The van der Waals surface area contributed by atoms with Gasteiger partial charge in [-0.05, 0) is 23.6 Å². The highest BCUT2D eigenvalue weighted by Gasteiger charge is 2.32. The van der Waals surface area contributed by atoms with Gasteiger partial charge in [0.05, 0.1) is 21.9 Å². The van der Waals surface area contributed by atoms with Crippen LogP contribution >= 0.6 is 0 Å². The Kier molecular flexibility index (Phi) is 2.85. The van der Waals surface area contributed by atoms with Gasteiger partial charge in [0, 0.05) is 6.54 Å². The zero-order chi connectivity index (χ0) is 13.6. The molecule has 5 nitrogen and oxygen atoms in total. The molecule has 0 fully saturated rings.